The number of ether oxygens (including phenoxy) is 1. The van der Waals surface area contributed by atoms with E-state index in [2.05, 4.69) is 0 Å². The Morgan fingerprint density at radius 3 is 2.59 bits per heavy atom. The van der Waals surface area contributed by atoms with Crippen molar-refractivity contribution in [1.29, 1.82) is 0 Å². The van der Waals surface area contributed by atoms with Gasteiger partial charge < -0.3 is 9.84 Å². The van der Waals surface area contributed by atoms with Crippen LogP contribution in [-0.4, -0.2) is 17.7 Å². The van der Waals surface area contributed by atoms with Crippen molar-refractivity contribution in [3.8, 4) is 0 Å². The summed E-state index contributed by atoms with van der Waals surface area (Å²) in [5.74, 6) is -0.227. The summed E-state index contributed by atoms with van der Waals surface area (Å²) in [5, 5.41) is 9.88. The van der Waals surface area contributed by atoms with E-state index in [0.29, 0.717) is 6.61 Å². The van der Waals surface area contributed by atoms with E-state index in [1.54, 1.807) is 0 Å². The minimum Gasteiger partial charge on any atom is -0.466 e. The number of unbranched alkanes of at least 4 members (excludes halogenated alkanes) is 2. The molecule has 0 aromatic heterocycles. The van der Waals surface area contributed by atoms with E-state index in [1.165, 1.54) is 6.92 Å². The van der Waals surface area contributed by atoms with Crippen LogP contribution >= 0.6 is 0 Å². The molecule has 0 aliphatic heterocycles. The molecule has 0 heterocycles. The Balaban J connectivity index is 2.09. The van der Waals surface area contributed by atoms with Crippen LogP contribution in [0.2, 0.25) is 0 Å². The molecule has 0 amide bonds. The second-order valence-corrected chi connectivity index (χ2v) is 4.12. The van der Waals surface area contributed by atoms with Crippen LogP contribution in [0.15, 0.2) is 30.3 Å². The van der Waals surface area contributed by atoms with E-state index in [1.807, 2.05) is 30.3 Å². The highest BCUT2D eigenvalue weighted by molar-refractivity contribution is 5.65. The molecule has 1 aromatic rings. The summed E-state index contributed by atoms with van der Waals surface area (Å²) in [6.45, 7) is 1.90. The predicted molar refractivity (Wildman–Crippen MR) is 66.5 cm³/mol. The molecule has 0 fully saturated rings. The summed E-state index contributed by atoms with van der Waals surface area (Å²) in [6, 6.07) is 9.67. The molecular formula is C14H20O3. The Bertz CT molecular complexity index is 321. The van der Waals surface area contributed by atoms with Gasteiger partial charge in [0.1, 0.15) is 0 Å². The highest BCUT2D eigenvalue weighted by Crippen LogP contribution is 2.18. The van der Waals surface area contributed by atoms with Crippen molar-refractivity contribution in [1.82, 2.24) is 0 Å². The van der Waals surface area contributed by atoms with Crippen molar-refractivity contribution in [2.24, 2.45) is 0 Å². The van der Waals surface area contributed by atoms with Crippen molar-refractivity contribution in [2.45, 2.75) is 38.7 Å². The topological polar surface area (TPSA) is 46.5 Å². The Morgan fingerprint density at radius 2 is 1.94 bits per heavy atom. The summed E-state index contributed by atoms with van der Waals surface area (Å²) >= 11 is 0. The Labute approximate surface area is 102 Å². The highest BCUT2D eigenvalue weighted by Gasteiger charge is 2.05. The molecule has 0 saturated heterocycles. The quantitative estimate of drug-likeness (QED) is 0.585. The molecule has 0 saturated carbocycles. The predicted octanol–water partition coefficient (Wildman–Crippen LogP) is 2.84. The van der Waals surface area contributed by atoms with Gasteiger partial charge in [0, 0.05) is 6.92 Å². The van der Waals surface area contributed by atoms with Crippen molar-refractivity contribution in [3.63, 3.8) is 0 Å². The fourth-order valence-electron chi connectivity index (χ4n) is 1.67. The number of aliphatic hydroxyl groups is 1. The molecule has 17 heavy (non-hydrogen) atoms. The van der Waals surface area contributed by atoms with Crippen LogP contribution in [-0.2, 0) is 9.53 Å². The lowest BCUT2D eigenvalue weighted by Gasteiger charge is -2.10. The standard InChI is InChI=1S/C14H20O3/c1-12(15)17-11-7-3-6-10-14(16)13-8-4-2-5-9-13/h2,4-5,8-9,14,16H,3,6-7,10-11H2,1H3/t14-/m0/s1. The van der Waals surface area contributed by atoms with Crippen molar-refractivity contribution < 1.29 is 14.6 Å². The van der Waals surface area contributed by atoms with Crippen LogP contribution in [0.3, 0.4) is 0 Å². The maximum atomic E-state index is 10.5. The second-order valence-electron chi connectivity index (χ2n) is 4.12. The van der Waals surface area contributed by atoms with Gasteiger partial charge >= 0.3 is 5.97 Å². The van der Waals surface area contributed by atoms with Crippen LogP contribution in [0.25, 0.3) is 0 Å². The van der Waals surface area contributed by atoms with Gasteiger partial charge in [0.25, 0.3) is 0 Å². The third kappa shape index (κ3) is 6.07. The normalized spacial score (nSPS) is 12.1. The van der Waals surface area contributed by atoms with Gasteiger partial charge in [-0.1, -0.05) is 36.8 Å². The van der Waals surface area contributed by atoms with Crippen LogP contribution in [0, 0.1) is 0 Å². The molecule has 3 nitrogen and oxygen atoms in total. The number of carbonyl (C=O) groups excluding carboxylic acids is 1. The molecule has 0 unspecified atom stereocenters. The van der Waals surface area contributed by atoms with Gasteiger partial charge in [-0.05, 0) is 24.8 Å². The van der Waals surface area contributed by atoms with Gasteiger partial charge in [0.05, 0.1) is 12.7 Å². The first kappa shape index (κ1) is 13.7. The van der Waals surface area contributed by atoms with Gasteiger partial charge in [0.2, 0.25) is 0 Å². The number of rotatable bonds is 7. The third-order valence-corrected chi connectivity index (χ3v) is 2.61. The van der Waals surface area contributed by atoms with Crippen LogP contribution < -0.4 is 0 Å². The van der Waals surface area contributed by atoms with Gasteiger partial charge in [-0.3, -0.25) is 4.79 Å². The molecule has 0 aliphatic carbocycles. The van der Waals surface area contributed by atoms with Gasteiger partial charge in [0.15, 0.2) is 0 Å². The molecule has 1 rings (SSSR count). The smallest absolute Gasteiger partial charge is 0.302 e. The summed E-state index contributed by atoms with van der Waals surface area (Å²) in [5.41, 5.74) is 0.965. The summed E-state index contributed by atoms with van der Waals surface area (Å²) in [4.78, 5) is 10.5. The molecule has 1 N–H and O–H groups in total. The SMILES string of the molecule is CC(=O)OCCCCC[C@H](O)c1ccccc1. The third-order valence-electron chi connectivity index (χ3n) is 2.61. The van der Waals surface area contributed by atoms with Gasteiger partial charge in [-0.2, -0.15) is 0 Å². The molecule has 0 bridgehead atoms. The number of hydrogen-bond acceptors (Lipinski definition) is 3. The Kier molecular flexibility index (Phi) is 6.33. The zero-order valence-electron chi connectivity index (χ0n) is 10.3. The molecule has 0 radical (unpaired) electrons. The summed E-state index contributed by atoms with van der Waals surface area (Å²) < 4.78 is 4.83. The molecule has 3 heteroatoms. The summed E-state index contributed by atoms with van der Waals surface area (Å²) in [7, 11) is 0. The van der Waals surface area contributed by atoms with E-state index in [-0.39, 0.29) is 12.1 Å². The molecular weight excluding hydrogens is 216 g/mol. The van der Waals surface area contributed by atoms with Crippen LogP contribution in [0.4, 0.5) is 0 Å². The minimum absolute atomic E-state index is 0.227. The average Bonchev–Trinajstić information content (AvgIpc) is 2.34. The monoisotopic (exact) mass is 236 g/mol. The fourth-order valence-corrected chi connectivity index (χ4v) is 1.67. The highest BCUT2D eigenvalue weighted by atomic mass is 16.5. The van der Waals surface area contributed by atoms with Crippen LogP contribution in [0.1, 0.15) is 44.3 Å². The van der Waals surface area contributed by atoms with E-state index < -0.39 is 0 Å². The van der Waals surface area contributed by atoms with E-state index in [9.17, 15) is 9.90 Å². The molecule has 94 valence electrons. The lowest BCUT2D eigenvalue weighted by Crippen LogP contribution is -2.01. The van der Waals surface area contributed by atoms with Crippen molar-refractivity contribution in [3.05, 3.63) is 35.9 Å². The lowest BCUT2D eigenvalue weighted by atomic mass is 10.0. The molecule has 1 aromatic carbocycles. The molecule has 0 aliphatic rings. The number of benzene rings is 1. The zero-order valence-corrected chi connectivity index (χ0v) is 10.3. The van der Waals surface area contributed by atoms with E-state index in [4.69, 9.17) is 4.74 Å². The lowest BCUT2D eigenvalue weighted by molar-refractivity contribution is -0.141. The van der Waals surface area contributed by atoms with E-state index >= 15 is 0 Å². The fraction of sp³-hybridized carbons (Fsp3) is 0.500. The first-order valence-corrected chi connectivity index (χ1v) is 6.06. The van der Waals surface area contributed by atoms with Crippen molar-refractivity contribution in [2.75, 3.05) is 6.61 Å². The van der Waals surface area contributed by atoms with Crippen molar-refractivity contribution >= 4 is 5.97 Å². The van der Waals surface area contributed by atoms with Crippen LogP contribution in [0.5, 0.6) is 0 Å². The first-order valence-electron chi connectivity index (χ1n) is 6.06. The molecule has 1 atom stereocenters. The largest absolute Gasteiger partial charge is 0.466 e. The van der Waals surface area contributed by atoms with Gasteiger partial charge in [-0.25, -0.2) is 0 Å². The Hall–Kier alpha value is -1.35. The summed E-state index contributed by atoms with van der Waals surface area (Å²) in [6.07, 6.45) is 3.14. The molecule has 0 spiro atoms. The Morgan fingerprint density at radius 1 is 1.24 bits per heavy atom. The zero-order chi connectivity index (χ0) is 12.5. The average molecular weight is 236 g/mol. The maximum Gasteiger partial charge on any atom is 0.302 e. The van der Waals surface area contributed by atoms with Gasteiger partial charge in [-0.15, -0.1) is 0 Å². The number of carbonyl (C=O) groups is 1. The maximum absolute atomic E-state index is 10.5. The number of hydrogen-bond donors (Lipinski definition) is 1. The van der Waals surface area contributed by atoms with E-state index in [0.717, 1.165) is 31.2 Å². The number of aliphatic hydroxyl groups excluding tert-OH is 1. The minimum atomic E-state index is -0.384. The second kappa shape index (κ2) is 7.85. The number of esters is 1. The first-order chi connectivity index (χ1) is 8.20.